The van der Waals surface area contributed by atoms with E-state index in [2.05, 4.69) is 22.3 Å². The molecular weight excluding hydrogens is 370 g/mol. The van der Waals surface area contributed by atoms with Crippen molar-refractivity contribution in [1.82, 2.24) is 19.9 Å². The Morgan fingerprint density at radius 2 is 2.31 bits per heavy atom. The van der Waals surface area contributed by atoms with Crippen LogP contribution in [-0.4, -0.2) is 51.1 Å². The van der Waals surface area contributed by atoms with E-state index in [9.17, 15) is 9.59 Å². The number of carbonyl (C=O) groups is 1. The Kier molecular flexibility index (Phi) is 6.53. The second-order valence-corrected chi connectivity index (χ2v) is 8.58. The number of amides is 1. The van der Waals surface area contributed by atoms with E-state index in [1.54, 1.807) is 6.92 Å². The molecule has 26 heavy (non-hydrogen) atoms. The van der Waals surface area contributed by atoms with Crippen molar-refractivity contribution in [3.63, 3.8) is 0 Å². The molecular formula is C17H25N5O2S2. The zero-order chi connectivity index (χ0) is 18.5. The molecule has 1 atom stereocenters. The van der Waals surface area contributed by atoms with Crippen LogP contribution in [0.3, 0.4) is 0 Å². The number of thioether (sulfide) groups is 1. The number of rotatable bonds is 8. The number of nitrogens with zero attached hydrogens (tertiary/aromatic N) is 4. The smallest absolute Gasteiger partial charge is 0.275 e. The molecule has 0 unspecified atom stereocenters. The molecule has 9 heteroatoms. The highest BCUT2D eigenvalue weighted by Crippen LogP contribution is 2.29. The van der Waals surface area contributed by atoms with Gasteiger partial charge in [0.15, 0.2) is 0 Å². The zero-order valence-electron chi connectivity index (χ0n) is 15.2. The van der Waals surface area contributed by atoms with Gasteiger partial charge < -0.3 is 10.2 Å². The average molecular weight is 396 g/mol. The molecule has 0 aliphatic carbocycles. The van der Waals surface area contributed by atoms with Crippen LogP contribution in [0.4, 0.5) is 5.13 Å². The van der Waals surface area contributed by atoms with Crippen LogP contribution in [0.2, 0.25) is 0 Å². The molecule has 0 radical (unpaired) electrons. The van der Waals surface area contributed by atoms with Crippen LogP contribution in [0.15, 0.2) is 10.9 Å². The van der Waals surface area contributed by atoms with E-state index in [1.807, 2.05) is 16.7 Å². The highest BCUT2D eigenvalue weighted by Gasteiger charge is 2.32. The minimum Gasteiger partial charge on any atom is -0.354 e. The average Bonchev–Trinajstić information content (AvgIpc) is 3.24. The standard InChI is InChI=1S/C17H25N5O2S2/c1-3-9-25-10-5-7-18-15(24)13-6-4-8-21(13)17-20-22-14(23)11-12(2)19-16(22)26-17/h11,13H,3-10H2,1-2H3,(H,18,24)/t13-/m1/s1. The molecule has 1 amide bonds. The number of hydrogen-bond donors (Lipinski definition) is 1. The summed E-state index contributed by atoms with van der Waals surface area (Å²) < 4.78 is 1.32. The first-order valence-corrected chi connectivity index (χ1v) is 11.1. The summed E-state index contributed by atoms with van der Waals surface area (Å²) in [7, 11) is 0. The second-order valence-electron chi connectivity index (χ2n) is 6.42. The summed E-state index contributed by atoms with van der Waals surface area (Å²) in [6.45, 7) is 5.46. The lowest BCUT2D eigenvalue weighted by atomic mass is 10.2. The predicted molar refractivity (Wildman–Crippen MR) is 107 cm³/mol. The monoisotopic (exact) mass is 395 g/mol. The molecule has 0 spiro atoms. The van der Waals surface area contributed by atoms with Crippen LogP contribution in [0, 0.1) is 6.92 Å². The fourth-order valence-corrected chi connectivity index (χ4v) is 4.91. The van der Waals surface area contributed by atoms with Crippen molar-refractivity contribution in [2.75, 3.05) is 29.5 Å². The highest BCUT2D eigenvalue weighted by atomic mass is 32.2. The Morgan fingerprint density at radius 3 is 3.12 bits per heavy atom. The normalized spacial score (nSPS) is 17.2. The van der Waals surface area contributed by atoms with Crippen LogP contribution < -0.4 is 15.8 Å². The third kappa shape index (κ3) is 4.37. The van der Waals surface area contributed by atoms with Gasteiger partial charge in [-0.3, -0.25) is 9.59 Å². The topological polar surface area (TPSA) is 79.6 Å². The first-order valence-electron chi connectivity index (χ1n) is 9.09. The van der Waals surface area contributed by atoms with Crippen LogP contribution >= 0.6 is 23.1 Å². The van der Waals surface area contributed by atoms with E-state index in [0.29, 0.717) is 22.3 Å². The summed E-state index contributed by atoms with van der Waals surface area (Å²) >= 11 is 3.29. The number of fused-ring (bicyclic) bond motifs is 1. The van der Waals surface area contributed by atoms with E-state index >= 15 is 0 Å². The number of hydrogen-bond acceptors (Lipinski definition) is 7. The van der Waals surface area contributed by atoms with Crippen molar-refractivity contribution in [3.05, 3.63) is 22.1 Å². The molecule has 142 valence electrons. The maximum absolute atomic E-state index is 12.6. The van der Waals surface area contributed by atoms with Crippen LogP contribution in [0.1, 0.15) is 38.3 Å². The molecule has 7 nitrogen and oxygen atoms in total. The van der Waals surface area contributed by atoms with E-state index in [-0.39, 0.29) is 17.5 Å². The number of carbonyl (C=O) groups excluding carboxylic acids is 1. The Balaban J connectivity index is 1.63. The fraction of sp³-hybridized carbons (Fsp3) is 0.647. The largest absolute Gasteiger partial charge is 0.354 e. The molecule has 2 aromatic rings. The first-order chi connectivity index (χ1) is 12.6. The van der Waals surface area contributed by atoms with Gasteiger partial charge in [0.2, 0.25) is 16.0 Å². The molecule has 1 aliphatic rings. The summed E-state index contributed by atoms with van der Waals surface area (Å²) in [5.41, 5.74) is 0.502. The molecule has 2 aromatic heterocycles. The summed E-state index contributed by atoms with van der Waals surface area (Å²) in [4.78, 5) is 31.6. The summed E-state index contributed by atoms with van der Waals surface area (Å²) in [5, 5.41) is 8.15. The Hall–Kier alpha value is -1.61. The van der Waals surface area contributed by atoms with Gasteiger partial charge in [0.05, 0.1) is 0 Å². The minimum atomic E-state index is -0.212. The van der Waals surface area contributed by atoms with Crippen molar-refractivity contribution < 1.29 is 4.79 Å². The van der Waals surface area contributed by atoms with Crippen LogP contribution in [-0.2, 0) is 4.79 Å². The number of aryl methyl sites for hydroxylation is 1. The molecule has 3 rings (SSSR count). The van der Waals surface area contributed by atoms with Gasteiger partial charge in [-0.2, -0.15) is 16.3 Å². The summed E-state index contributed by atoms with van der Waals surface area (Å²) in [6, 6.07) is 1.26. The molecule has 3 heterocycles. The molecule has 0 aromatic carbocycles. The molecule has 0 bridgehead atoms. The molecule has 1 saturated heterocycles. The quantitative estimate of drug-likeness (QED) is 0.690. The Bertz CT molecular complexity index is 819. The van der Waals surface area contributed by atoms with Gasteiger partial charge >= 0.3 is 0 Å². The minimum absolute atomic E-state index is 0.0544. The maximum Gasteiger partial charge on any atom is 0.275 e. The first kappa shape index (κ1) is 19.2. The third-order valence-corrected chi connectivity index (χ3v) is 6.50. The lowest BCUT2D eigenvalue weighted by Gasteiger charge is -2.22. The fourth-order valence-electron chi connectivity index (χ4n) is 3.04. The Labute approximate surface area is 161 Å². The lowest BCUT2D eigenvalue weighted by molar-refractivity contribution is -0.122. The SMILES string of the molecule is CCCSCCCNC(=O)[C@H]1CCCN1c1nn2c(=O)cc(C)nc2s1. The van der Waals surface area contributed by atoms with Gasteiger partial charge in [0, 0.05) is 24.8 Å². The second kappa shape index (κ2) is 8.85. The van der Waals surface area contributed by atoms with Gasteiger partial charge in [-0.05, 0) is 44.1 Å². The Morgan fingerprint density at radius 1 is 1.46 bits per heavy atom. The van der Waals surface area contributed by atoms with E-state index in [0.717, 1.165) is 31.6 Å². The third-order valence-electron chi connectivity index (χ3n) is 4.28. The van der Waals surface area contributed by atoms with Crippen molar-refractivity contribution in [3.8, 4) is 0 Å². The van der Waals surface area contributed by atoms with Crippen molar-refractivity contribution in [1.29, 1.82) is 0 Å². The summed E-state index contributed by atoms with van der Waals surface area (Å²) in [5.74, 6) is 2.31. The van der Waals surface area contributed by atoms with Gasteiger partial charge in [-0.1, -0.05) is 18.3 Å². The van der Waals surface area contributed by atoms with Crippen molar-refractivity contribution in [2.24, 2.45) is 0 Å². The van der Waals surface area contributed by atoms with Gasteiger partial charge in [0.1, 0.15) is 6.04 Å². The van der Waals surface area contributed by atoms with E-state index in [4.69, 9.17) is 0 Å². The van der Waals surface area contributed by atoms with Gasteiger partial charge in [0.25, 0.3) is 5.56 Å². The zero-order valence-corrected chi connectivity index (χ0v) is 16.9. The van der Waals surface area contributed by atoms with Crippen molar-refractivity contribution in [2.45, 2.75) is 45.6 Å². The lowest BCUT2D eigenvalue weighted by Crippen LogP contribution is -2.43. The number of aromatic nitrogens is 3. The van der Waals surface area contributed by atoms with Gasteiger partial charge in [-0.15, -0.1) is 5.10 Å². The number of nitrogens with one attached hydrogen (secondary N) is 1. The van der Waals surface area contributed by atoms with Gasteiger partial charge in [-0.25, -0.2) is 4.98 Å². The predicted octanol–water partition coefficient (Wildman–Crippen LogP) is 2.08. The molecule has 1 N–H and O–H groups in total. The van der Waals surface area contributed by atoms with Crippen LogP contribution in [0.25, 0.3) is 4.96 Å². The van der Waals surface area contributed by atoms with E-state index < -0.39 is 0 Å². The summed E-state index contributed by atoms with van der Waals surface area (Å²) in [6.07, 6.45) is 3.94. The van der Waals surface area contributed by atoms with E-state index in [1.165, 1.54) is 34.1 Å². The molecule has 1 fully saturated rings. The van der Waals surface area contributed by atoms with Crippen molar-refractivity contribution >= 4 is 39.1 Å². The molecule has 1 aliphatic heterocycles. The number of anilines is 1. The maximum atomic E-state index is 12.6. The highest BCUT2D eigenvalue weighted by molar-refractivity contribution is 7.99. The van der Waals surface area contributed by atoms with Crippen LogP contribution in [0.5, 0.6) is 0 Å². The molecule has 0 saturated carbocycles.